The number of cyclic esters (lactones) is 1. The summed E-state index contributed by atoms with van der Waals surface area (Å²) in [6.07, 6.45) is 3.40. The molecule has 0 radical (unpaired) electrons. The normalized spacial score (nSPS) is 24.4. The minimum atomic E-state index is -0.992. The minimum Gasteiger partial charge on any atom is -0.457 e. The molecule has 1 aromatic rings. The predicted molar refractivity (Wildman–Crippen MR) is 160 cm³/mol. The number of alkyl carbamates (subject to hydrolysis) is 1. The highest BCUT2D eigenvalue weighted by molar-refractivity contribution is 8.14. The maximum atomic E-state index is 13.5. The van der Waals surface area contributed by atoms with E-state index >= 15 is 0 Å². The number of thioether (sulfide) groups is 1. The quantitative estimate of drug-likeness (QED) is 0.182. The topological polar surface area (TPSA) is 136 Å². The van der Waals surface area contributed by atoms with Crippen LogP contribution in [0.25, 0.3) is 0 Å². The van der Waals surface area contributed by atoms with Crippen molar-refractivity contribution >= 4 is 64.5 Å². The average molecular weight is 611 g/mol. The van der Waals surface area contributed by atoms with E-state index in [1.54, 1.807) is 33.8 Å². The van der Waals surface area contributed by atoms with Gasteiger partial charge in [-0.25, -0.2) is 9.78 Å². The molecule has 3 atom stereocenters. The number of rotatable bonds is 7. The zero-order valence-corrected chi connectivity index (χ0v) is 25.9. The van der Waals surface area contributed by atoms with Gasteiger partial charge >= 0.3 is 12.1 Å². The van der Waals surface area contributed by atoms with E-state index in [0.717, 1.165) is 5.01 Å². The highest BCUT2D eigenvalue weighted by atomic mass is 32.2. The zero-order valence-electron chi connectivity index (χ0n) is 23.4. The first-order valence-corrected chi connectivity index (χ1v) is 15.8. The summed E-state index contributed by atoms with van der Waals surface area (Å²) in [5.74, 6) is -0.729. The lowest BCUT2D eigenvalue weighted by molar-refractivity contribution is -0.154. The maximum Gasteiger partial charge on any atom is 0.407 e. The molecule has 2 aliphatic rings. The summed E-state index contributed by atoms with van der Waals surface area (Å²) in [6, 6.07) is 0. The van der Waals surface area contributed by atoms with Crippen molar-refractivity contribution < 1.29 is 28.7 Å². The molecule has 2 amide bonds. The number of hydrogen-bond acceptors (Lipinski definition) is 11. The van der Waals surface area contributed by atoms with Gasteiger partial charge in [-0.05, 0) is 58.8 Å². The van der Waals surface area contributed by atoms with Crippen LogP contribution in [0.2, 0.25) is 0 Å². The molecule has 40 heavy (non-hydrogen) atoms. The number of carbonyl (C=O) groups excluding carboxylic acids is 4. The number of ketones is 1. The van der Waals surface area contributed by atoms with Crippen LogP contribution in [0.5, 0.6) is 0 Å². The molecule has 0 saturated carbocycles. The van der Waals surface area contributed by atoms with Gasteiger partial charge in [0.2, 0.25) is 5.91 Å². The Balaban J connectivity index is 1.80. The Hall–Kier alpha value is -2.38. The number of nitrogens with zero attached hydrogens (tertiary/aromatic N) is 2. The fourth-order valence-corrected chi connectivity index (χ4v) is 6.11. The van der Waals surface area contributed by atoms with Gasteiger partial charge in [0.05, 0.1) is 18.9 Å². The van der Waals surface area contributed by atoms with Gasteiger partial charge in [-0.2, -0.15) is 12.6 Å². The van der Waals surface area contributed by atoms with Crippen LogP contribution >= 0.6 is 35.7 Å². The SMILES string of the molecule is CC(C)(C)OC(=O)NCCC[C@@H]1CC(=O)[C@]2(C)CSC(=N2)c2csc(n2)CNC(=O)C[C@@H](/C=C/CCS)OC1=O. The molecule has 0 unspecified atom stereocenters. The highest BCUT2D eigenvalue weighted by Crippen LogP contribution is 2.34. The van der Waals surface area contributed by atoms with Gasteiger partial charge in [-0.1, -0.05) is 6.08 Å². The van der Waals surface area contributed by atoms with Gasteiger partial charge in [0.15, 0.2) is 5.78 Å². The van der Waals surface area contributed by atoms with Crippen molar-refractivity contribution in [3.05, 3.63) is 28.2 Å². The van der Waals surface area contributed by atoms with Gasteiger partial charge in [0, 0.05) is 24.1 Å². The molecule has 10 nitrogen and oxygen atoms in total. The van der Waals surface area contributed by atoms with Gasteiger partial charge in [-0.15, -0.1) is 23.1 Å². The van der Waals surface area contributed by atoms with E-state index in [2.05, 4.69) is 28.2 Å². The molecule has 13 heteroatoms. The van der Waals surface area contributed by atoms with Crippen LogP contribution in [0.4, 0.5) is 4.79 Å². The molecule has 3 heterocycles. The lowest BCUT2D eigenvalue weighted by atomic mass is 9.88. The molecule has 220 valence electrons. The van der Waals surface area contributed by atoms with Crippen LogP contribution in [0.1, 0.15) is 70.5 Å². The Labute approximate surface area is 248 Å². The molecule has 4 bridgehead atoms. The Bertz CT molecular complexity index is 1150. The first kappa shape index (κ1) is 32.1. The molecule has 3 rings (SSSR count). The second-order valence-electron chi connectivity index (χ2n) is 10.9. The van der Waals surface area contributed by atoms with Crippen molar-refractivity contribution in [2.75, 3.05) is 18.1 Å². The minimum absolute atomic E-state index is 0.0613. The monoisotopic (exact) mass is 610 g/mol. The van der Waals surface area contributed by atoms with Crippen molar-refractivity contribution in [3.8, 4) is 0 Å². The molecular formula is C27H38N4O6S3. The Kier molecular flexibility index (Phi) is 11.6. The number of hydrogen-bond donors (Lipinski definition) is 3. The molecule has 0 fully saturated rings. The number of carbonyl (C=O) groups is 4. The third kappa shape index (κ3) is 9.91. The summed E-state index contributed by atoms with van der Waals surface area (Å²) >= 11 is 7.07. The third-order valence-corrected chi connectivity index (χ3v) is 8.50. The molecule has 0 spiro atoms. The predicted octanol–water partition coefficient (Wildman–Crippen LogP) is 4.08. The summed E-state index contributed by atoms with van der Waals surface area (Å²) in [7, 11) is 0. The number of nitrogens with one attached hydrogen (secondary N) is 2. The summed E-state index contributed by atoms with van der Waals surface area (Å²) in [4.78, 5) is 61.0. The van der Waals surface area contributed by atoms with Crippen LogP contribution in [-0.2, 0) is 30.4 Å². The second-order valence-corrected chi connectivity index (χ2v) is 13.3. The van der Waals surface area contributed by atoms with Crippen molar-refractivity contribution in [3.63, 3.8) is 0 Å². The summed E-state index contributed by atoms with van der Waals surface area (Å²) < 4.78 is 11.0. The smallest absolute Gasteiger partial charge is 0.407 e. The van der Waals surface area contributed by atoms with E-state index in [4.69, 9.17) is 14.5 Å². The van der Waals surface area contributed by atoms with Crippen molar-refractivity contribution in [2.24, 2.45) is 10.9 Å². The standard InChI is InChI=1S/C27H38N4O6S3/c1-26(2,3)37-25(35)28-10-7-8-17-12-20(32)27(4)16-40-23(31-27)19-15-39-22(30-19)14-29-21(33)13-18(36-24(17)34)9-5-6-11-38/h5,9,15,17-18,38H,6-8,10-14,16H2,1-4H3,(H,28,35)(H,29,33)/b9-5+/t17-,18-,27+/m1/s1. The molecular weight excluding hydrogens is 573 g/mol. The number of amides is 2. The van der Waals surface area contributed by atoms with E-state index in [-0.39, 0.29) is 37.6 Å². The highest BCUT2D eigenvalue weighted by Gasteiger charge is 2.41. The first-order chi connectivity index (χ1) is 18.9. The third-order valence-electron chi connectivity index (χ3n) is 6.11. The zero-order chi connectivity index (χ0) is 29.3. The maximum absolute atomic E-state index is 13.5. The fraction of sp³-hybridized carbons (Fsp3) is 0.630. The Morgan fingerprint density at radius 1 is 1.32 bits per heavy atom. The molecule has 2 N–H and O–H groups in total. The van der Waals surface area contributed by atoms with Gasteiger partial charge in [0.25, 0.3) is 0 Å². The van der Waals surface area contributed by atoms with Crippen molar-refractivity contribution in [1.82, 2.24) is 15.6 Å². The molecule has 0 aliphatic carbocycles. The lowest BCUT2D eigenvalue weighted by Crippen LogP contribution is -2.38. The van der Waals surface area contributed by atoms with Crippen LogP contribution in [0.3, 0.4) is 0 Å². The van der Waals surface area contributed by atoms with Crippen LogP contribution in [0, 0.1) is 5.92 Å². The number of fused-ring (bicyclic) bond motifs is 4. The van der Waals surface area contributed by atoms with Gasteiger partial charge < -0.3 is 20.1 Å². The number of ether oxygens (including phenoxy) is 2. The first-order valence-electron chi connectivity index (χ1n) is 13.3. The number of aromatic nitrogens is 1. The van der Waals surface area contributed by atoms with E-state index in [1.807, 2.05) is 11.5 Å². The molecule has 0 saturated heterocycles. The fourth-order valence-electron chi connectivity index (χ4n) is 4.01. The number of aliphatic imine (C=N–C) groups is 1. The number of esters is 1. The number of allylic oxidation sites excluding steroid dienone is 1. The van der Waals surface area contributed by atoms with Gasteiger partial charge in [-0.3, -0.25) is 19.4 Å². The second kappa shape index (κ2) is 14.5. The summed E-state index contributed by atoms with van der Waals surface area (Å²) in [6.45, 7) is 7.61. The van der Waals surface area contributed by atoms with E-state index in [0.29, 0.717) is 41.5 Å². The molecule has 0 aromatic carbocycles. The average Bonchev–Trinajstić information content (AvgIpc) is 3.50. The van der Waals surface area contributed by atoms with Crippen LogP contribution in [0.15, 0.2) is 22.5 Å². The van der Waals surface area contributed by atoms with Gasteiger partial charge in [0.1, 0.15) is 33.0 Å². The Morgan fingerprint density at radius 3 is 2.83 bits per heavy atom. The van der Waals surface area contributed by atoms with Crippen LogP contribution < -0.4 is 10.6 Å². The number of Topliss-reactive ketones (excluding diaryl/α,β-unsaturated/α-hetero) is 1. The molecule has 1 aromatic heterocycles. The molecule has 2 aliphatic heterocycles. The largest absolute Gasteiger partial charge is 0.457 e. The summed E-state index contributed by atoms with van der Waals surface area (Å²) in [5.41, 5.74) is -0.937. The van der Waals surface area contributed by atoms with Crippen LogP contribution in [-0.4, -0.2) is 69.1 Å². The van der Waals surface area contributed by atoms with E-state index in [1.165, 1.54) is 23.1 Å². The van der Waals surface area contributed by atoms with E-state index in [9.17, 15) is 19.2 Å². The van der Waals surface area contributed by atoms with Crippen molar-refractivity contribution in [2.45, 2.75) is 83.6 Å². The van der Waals surface area contributed by atoms with E-state index < -0.39 is 35.2 Å². The lowest BCUT2D eigenvalue weighted by Gasteiger charge is -2.24. The number of thiazole rings is 1. The number of thiol groups is 1. The summed E-state index contributed by atoms with van der Waals surface area (Å²) in [5, 5.41) is 8.80. The Morgan fingerprint density at radius 2 is 2.10 bits per heavy atom. The van der Waals surface area contributed by atoms with Crippen molar-refractivity contribution in [1.29, 1.82) is 0 Å².